The number of hydrogen-bond donors (Lipinski definition) is 0. The predicted octanol–water partition coefficient (Wildman–Crippen LogP) is 1.72. The van der Waals surface area contributed by atoms with Crippen LogP contribution in [0.4, 0.5) is 0 Å². The van der Waals surface area contributed by atoms with Crippen molar-refractivity contribution in [1.29, 1.82) is 0 Å². The van der Waals surface area contributed by atoms with Gasteiger partial charge in [0.25, 0.3) is 0 Å². The molecule has 0 fully saturated rings. The van der Waals surface area contributed by atoms with Crippen LogP contribution in [0.3, 0.4) is 0 Å². The summed E-state index contributed by atoms with van der Waals surface area (Å²) in [4.78, 5) is 15.1. The van der Waals surface area contributed by atoms with Crippen LogP contribution >= 0.6 is 0 Å². The van der Waals surface area contributed by atoms with Crippen LogP contribution in [0.15, 0.2) is 18.2 Å². The first-order chi connectivity index (χ1) is 7.40. The summed E-state index contributed by atoms with van der Waals surface area (Å²) in [5, 5.41) is 0. The summed E-state index contributed by atoms with van der Waals surface area (Å²) >= 11 is 0. The quantitative estimate of drug-likeness (QED) is 0.692. The third-order valence-corrected chi connectivity index (χ3v) is 3.02. The van der Waals surface area contributed by atoms with Gasteiger partial charge in [-0.2, -0.15) is 0 Å². The normalized spacial score (nSPS) is 14.4. The fourth-order valence-corrected chi connectivity index (χ4v) is 2.41. The Morgan fingerprint density at radius 1 is 1.47 bits per heavy atom. The van der Waals surface area contributed by atoms with Crippen LogP contribution in [-0.2, 0) is 24.2 Å². The van der Waals surface area contributed by atoms with Crippen molar-refractivity contribution in [3.8, 4) is 0 Å². The highest BCUT2D eigenvalue weighted by molar-refractivity contribution is 5.80. The number of carbonyl (C=O) groups excluding carboxylic acids is 1. The van der Waals surface area contributed by atoms with Crippen molar-refractivity contribution in [2.75, 3.05) is 0 Å². The minimum Gasteiger partial charge on any atom is -0.327 e. The predicted molar refractivity (Wildman–Crippen MR) is 57.8 cm³/mol. The van der Waals surface area contributed by atoms with Crippen molar-refractivity contribution in [2.45, 2.75) is 25.8 Å². The van der Waals surface area contributed by atoms with Gasteiger partial charge in [-0.25, -0.2) is 4.98 Å². The molecule has 0 bridgehead atoms. The van der Waals surface area contributed by atoms with Gasteiger partial charge in [0.05, 0.1) is 17.5 Å². The lowest BCUT2D eigenvalue weighted by molar-refractivity contribution is -0.107. The number of rotatable bonds is 2. The zero-order valence-corrected chi connectivity index (χ0v) is 8.44. The Bertz CT molecular complexity index is 528. The molecule has 0 spiro atoms. The molecule has 3 heteroatoms. The molecule has 0 unspecified atom stereocenters. The third kappa shape index (κ3) is 1.19. The Hall–Kier alpha value is -1.64. The second-order valence-corrected chi connectivity index (χ2v) is 3.94. The Morgan fingerprint density at radius 2 is 2.40 bits per heavy atom. The van der Waals surface area contributed by atoms with Crippen LogP contribution in [0.1, 0.15) is 17.8 Å². The van der Waals surface area contributed by atoms with Gasteiger partial charge in [-0.15, -0.1) is 0 Å². The van der Waals surface area contributed by atoms with Crippen LogP contribution in [-0.4, -0.2) is 15.8 Å². The van der Waals surface area contributed by atoms with E-state index in [0.717, 1.165) is 37.0 Å². The Kier molecular flexibility index (Phi) is 1.84. The molecule has 2 heterocycles. The Balaban J connectivity index is 2.33. The molecule has 0 saturated heterocycles. The molecule has 0 aliphatic carbocycles. The summed E-state index contributed by atoms with van der Waals surface area (Å²) in [6.45, 7) is 0.997. The maximum absolute atomic E-state index is 10.6. The lowest BCUT2D eigenvalue weighted by atomic mass is 10.0. The lowest BCUT2D eigenvalue weighted by Crippen LogP contribution is -2.10. The van der Waals surface area contributed by atoms with Crippen molar-refractivity contribution in [3.63, 3.8) is 0 Å². The zero-order chi connectivity index (χ0) is 10.3. The maximum atomic E-state index is 10.6. The van der Waals surface area contributed by atoms with E-state index in [1.54, 1.807) is 0 Å². The fraction of sp³-hybridized carbons (Fsp3) is 0.333. The first-order valence-corrected chi connectivity index (χ1v) is 5.31. The number of hydrogen-bond acceptors (Lipinski definition) is 2. The number of aromatic nitrogens is 2. The number of nitrogens with zero attached hydrogens (tertiary/aromatic N) is 2. The van der Waals surface area contributed by atoms with E-state index in [1.165, 1.54) is 11.1 Å². The van der Waals surface area contributed by atoms with Gasteiger partial charge in [0.1, 0.15) is 12.1 Å². The Morgan fingerprint density at radius 3 is 3.27 bits per heavy atom. The molecular formula is C12H12N2O. The van der Waals surface area contributed by atoms with Crippen molar-refractivity contribution >= 4 is 17.3 Å². The monoisotopic (exact) mass is 200 g/mol. The van der Waals surface area contributed by atoms with E-state index in [2.05, 4.69) is 15.6 Å². The summed E-state index contributed by atoms with van der Waals surface area (Å²) in [7, 11) is 0. The van der Waals surface area contributed by atoms with Crippen molar-refractivity contribution < 1.29 is 4.79 Å². The average Bonchev–Trinajstić information content (AvgIpc) is 2.61. The van der Waals surface area contributed by atoms with E-state index >= 15 is 0 Å². The first kappa shape index (κ1) is 8.65. The summed E-state index contributed by atoms with van der Waals surface area (Å²) in [6.07, 6.45) is 3.63. The van der Waals surface area contributed by atoms with Crippen LogP contribution < -0.4 is 0 Å². The van der Waals surface area contributed by atoms with E-state index in [0.29, 0.717) is 6.42 Å². The molecule has 0 atom stereocenters. The van der Waals surface area contributed by atoms with Crippen molar-refractivity contribution in [2.24, 2.45) is 0 Å². The summed E-state index contributed by atoms with van der Waals surface area (Å²) in [5.41, 5.74) is 3.63. The standard InChI is InChI=1S/C12H12N2O/c15-8-6-11-13-10-5-1-3-9-4-2-7-14(11)12(9)10/h1,3,5,8H,2,4,6-7H2. The summed E-state index contributed by atoms with van der Waals surface area (Å²) < 4.78 is 2.20. The van der Waals surface area contributed by atoms with E-state index in [-0.39, 0.29) is 0 Å². The molecular weight excluding hydrogens is 188 g/mol. The summed E-state index contributed by atoms with van der Waals surface area (Å²) in [6, 6.07) is 6.23. The van der Waals surface area contributed by atoms with E-state index in [4.69, 9.17) is 0 Å². The maximum Gasteiger partial charge on any atom is 0.127 e. The van der Waals surface area contributed by atoms with Gasteiger partial charge in [-0.1, -0.05) is 12.1 Å². The Labute approximate surface area is 87.7 Å². The topological polar surface area (TPSA) is 34.9 Å². The molecule has 0 N–H and O–H groups in total. The molecule has 0 amide bonds. The number of benzene rings is 1. The zero-order valence-electron chi connectivity index (χ0n) is 8.44. The van der Waals surface area contributed by atoms with Crippen molar-refractivity contribution in [3.05, 3.63) is 29.6 Å². The van der Waals surface area contributed by atoms with E-state index in [1.807, 2.05) is 12.1 Å². The fourth-order valence-electron chi connectivity index (χ4n) is 2.41. The van der Waals surface area contributed by atoms with Gasteiger partial charge in [0.15, 0.2) is 0 Å². The highest BCUT2D eigenvalue weighted by Crippen LogP contribution is 2.26. The SMILES string of the molecule is O=CCc1nc2cccc3c2n1CCC3. The molecule has 15 heavy (non-hydrogen) atoms. The lowest BCUT2D eigenvalue weighted by Gasteiger charge is -2.15. The number of aryl methyl sites for hydroxylation is 2. The molecule has 1 aliphatic rings. The number of carbonyl (C=O) groups is 1. The van der Waals surface area contributed by atoms with Crippen LogP contribution in [0, 0.1) is 0 Å². The van der Waals surface area contributed by atoms with Crippen LogP contribution in [0.5, 0.6) is 0 Å². The average molecular weight is 200 g/mol. The molecule has 3 nitrogen and oxygen atoms in total. The van der Waals surface area contributed by atoms with E-state index in [9.17, 15) is 4.79 Å². The molecule has 1 aliphatic heterocycles. The van der Waals surface area contributed by atoms with Crippen LogP contribution in [0.25, 0.3) is 11.0 Å². The van der Waals surface area contributed by atoms with Crippen molar-refractivity contribution in [1.82, 2.24) is 9.55 Å². The minimum absolute atomic E-state index is 0.425. The molecule has 1 aromatic heterocycles. The third-order valence-electron chi connectivity index (χ3n) is 3.02. The molecule has 3 rings (SSSR count). The van der Waals surface area contributed by atoms with Gasteiger partial charge in [-0.3, -0.25) is 0 Å². The minimum atomic E-state index is 0.425. The van der Waals surface area contributed by atoms with E-state index < -0.39 is 0 Å². The molecule has 0 radical (unpaired) electrons. The summed E-state index contributed by atoms with van der Waals surface area (Å²) in [5.74, 6) is 0.909. The largest absolute Gasteiger partial charge is 0.327 e. The van der Waals surface area contributed by atoms with Gasteiger partial charge >= 0.3 is 0 Å². The number of imidazole rings is 1. The highest BCUT2D eigenvalue weighted by atomic mass is 16.1. The first-order valence-electron chi connectivity index (χ1n) is 5.31. The van der Waals surface area contributed by atoms with Gasteiger partial charge in [-0.05, 0) is 24.5 Å². The smallest absolute Gasteiger partial charge is 0.127 e. The molecule has 1 aromatic carbocycles. The molecule has 0 saturated carbocycles. The van der Waals surface area contributed by atoms with Crippen LogP contribution in [0.2, 0.25) is 0 Å². The van der Waals surface area contributed by atoms with Gasteiger partial charge < -0.3 is 9.36 Å². The second-order valence-electron chi connectivity index (χ2n) is 3.94. The highest BCUT2D eigenvalue weighted by Gasteiger charge is 2.16. The van der Waals surface area contributed by atoms with Gasteiger partial charge in [0, 0.05) is 6.54 Å². The second kappa shape index (κ2) is 3.19. The number of aldehydes is 1. The molecule has 76 valence electrons. The number of para-hydroxylation sites is 1. The molecule has 2 aromatic rings. The van der Waals surface area contributed by atoms with Gasteiger partial charge in [0.2, 0.25) is 0 Å².